The minimum absolute atomic E-state index is 0.267. The molecule has 3 rings (SSSR count). The van der Waals surface area contributed by atoms with Gasteiger partial charge in [0, 0.05) is 11.1 Å². The molecule has 0 aliphatic carbocycles. The number of imide groups is 1. The summed E-state index contributed by atoms with van der Waals surface area (Å²) in [6, 6.07) is 16.6. The average Bonchev–Trinajstić information content (AvgIpc) is 2.90. The molecule has 6 heteroatoms. The van der Waals surface area contributed by atoms with Crippen molar-refractivity contribution in [3.05, 3.63) is 83.2 Å². The smallest absolute Gasteiger partial charge is 0.281 e. The van der Waals surface area contributed by atoms with E-state index in [1.54, 1.807) is 60.7 Å². The molecule has 1 aliphatic rings. The Bertz CT molecular complexity index is 829. The van der Waals surface area contributed by atoms with E-state index in [4.69, 9.17) is 0 Å². The molecule has 1 aliphatic heterocycles. The van der Waals surface area contributed by atoms with E-state index in [2.05, 4.69) is 5.32 Å². The quantitative estimate of drug-likeness (QED) is 0.845. The number of aliphatic hydroxyl groups excluding tert-OH is 1. The van der Waals surface area contributed by atoms with E-state index in [-0.39, 0.29) is 18.0 Å². The summed E-state index contributed by atoms with van der Waals surface area (Å²) in [6.07, 6.45) is 0. The van der Waals surface area contributed by atoms with Crippen molar-refractivity contribution in [3.8, 4) is 0 Å². The van der Waals surface area contributed by atoms with Crippen molar-refractivity contribution in [2.75, 3.05) is 6.54 Å². The number of aliphatic hydroxyl groups is 1. The number of carbonyl (C=O) groups excluding carboxylic acids is 3. The summed E-state index contributed by atoms with van der Waals surface area (Å²) in [6.45, 7) is -0.267. The van der Waals surface area contributed by atoms with Gasteiger partial charge in [0.05, 0.1) is 6.54 Å². The second kappa shape index (κ2) is 6.37. The molecule has 0 aromatic heterocycles. The summed E-state index contributed by atoms with van der Waals surface area (Å²) >= 11 is 0. The first-order valence-corrected chi connectivity index (χ1v) is 7.27. The van der Waals surface area contributed by atoms with Gasteiger partial charge in [-0.15, -0.1) is 0 Å². The molecule has 24 heavy (non-hydrogen) atoms. The van der Waals surface area contributed by atoms with Gasteiger partial charge in [0.1, 0.15) is 11.5 Å². The molecule has 2 aromatic carbocycles. The fourth-order valence-corrected chi connectivity index (χ4v) is 2.36. The van der Waals surface area contributed by atoms with Crippen LogP contribution in [-0.2, 0) is 4.79 Å². The van der Waals surface area contributed by atoms with Gasteiger partial charge in [0.25, 0.3) is 17.7 Å². The van der Waals surface area contributed by atoms with Gasteiger partial charge < -0.3 is 10.4 Å². The summed E-state index contributed by atoms with van der Waals surface area (Å²) in [5.41, 5.74) is 0.404. The Kier molecular flexibility index (Phi) is 4.11. The number of amides is 3. The third kappa shape index (κ3) is 2.89. The Labute approximate surface area is 138 Å². The first-order valence-electron chi connectivity index (χ1n) is 7.27. The van der Waals surface area contributed by atoms with Gasteiger partial charge in [-0.2, -0.15) is 0 Å². The highest BCUT2D eigenvalue weighted by Gasteiger charge is 2.36. The zero-order valence-corrected chi connectivity index (χ0v) is 12.6. The SMILES string of the molecule is O=C(NC1=C(O)CN(C(=O)c2ccccc2)C1=O)c1ccccc1. The topological polar surface area (TPSA) is 86.7 Å². The molecule has 0 fully saturated rings. The molecule has 0 unspecified atom stereocenters. The molecule has 0 spiro atoms. The fraction of sp³-hybridized carbons (Fsp3) is 0.0556. The predicted octanol–water partition coefficient (Wildman–Crippen LogP) is 1.87. The van der Waals surface area contributed by atoms with Crippen LogP contribution in [0.5, 0.6) is 0 Å². The molecule has 0 saturated heterocycles. The van der Waals surface area contributed by atoms with Crippen molar-refractivity contribution < 1.29 is 19.5 Å². The Hall–Kier alpha value is -3.41. The van der Waals surface area contributed by atoms with E-state index in [0.717, 1.165) is 4.90 Å². The molecule has 3 amide bonds. The van der Waals surface area contributed by atoms with Gasteiger partial charge in [-0.25, -0.2) is 0 Å². The highest BCUT2D eigenvalue weighted by molar-refractivity contribution is 6.13. The molecule has 2 N–H and O–H groups in total. The third-order valence-electron chi connectivity index (χ3n) is 3.60. The van der Waals surface area contributed by atoms with Gasteiger partial charge in [-0.1, -0.05) is 36.4 Å². The Morgan fingerprint density at radius 1 is 0.917 bits per heavy atom. The van der Waals surface area contributed by atoms with Crippen molar-refractivity contribution >= 4 is 17.7 Å². The van der Waals surface area contributed by atoms with Crippen molar-refractivity contribution in [1.82, 2.24) is 10.2 Å². The fourth-order valence-electron chi connectivity index (χ4n) is 2.36. The van der Waals surface area contributed by atoms with E-state index < -0.39 is 17.7 Å². The molecule has 0 saturated carbocycles. The Morgan fingerprint density at radius 3 is 2.04 bits per heavy atom. The normalized spacial score (nSPS) is 14.0. The van der Waals surface area contributed by atoms with Gasteiger partial charge in [-0.05, 0) is 24.3 Å². The number of hydrogen-bond acceptors (Lipinski definition) is 4. The summed E-state index contributed by atoms with van der Waals surface area (Å²) in [7, 11) is 0. The van der Waals surface area contributed by atoms with Gasteiger partial charge in [0.2, 0.25) is 0 Å². The van der Waals surface area contributed by atoms with E-state index in [1.165, 1.54) is 0 Å². The molecule has 0 atom stereocenters. The van der Waals surface area contributed by atoms with E-state index in [1.807, 2.05) is 0 Å². The summed E-state index contributed by atoms with van der Waals surface area (Å²) in [5, 5.41) is 12.3. The van der Waals surface area contributed by atoms with E-state index in [0.29, 0.717) is 11.1 Å². The van der Waals surface area contributed by atoms with E-state index >= 15 is 0 Å². The van der Waals surface area contributed by atoms with Crippen LogP contribution >= 0.6 is 0 Å². The first-order chi connectivity index (χ1) is 11.6. The summed E-state index contributed by atoms with van der Waals surface area (Å²) < 4.78 is 0. The maximum Gasteiger partial charge on any atom is 0.281 e. The van der Waals surface area contributed by atoms with Crippen LogP contribution in [0.2, 0.25) is 0 Å². The highest BCUT2D eigenvalue weighted by Crippen LogP contribution is 2.18. The lowest BCUT2D eigenvalue weighted by molar-refractivity contribution is -0.123. The molecule has 0 radical (unpaired) electrons. The standard InChI is InChI=1S/C18H14N2O4/c21-14-11-20(17(23)13-9-5-2-6-10-13)18(24)15(14)19-16(22)12-7-3-1-4-8-12/h1-10,21H,11H2,(H,19,22). The van der Waals surface area contributed by atoms with Crippen LogP contribution < -0.4 is 5.32 Å². The lowest BCUT2D eigenvalue weighted by atomic mass is 10.2. The Morgan fingerprint density at radius 2 is 1.46 bits per heavy atom. The maximum absolute atomic E-state index is 12.4. The second-order valence-corrected chi connectivity index (χ2v) is 5.20. The van der Waals surface area contributed by atoms with Crippen molar-refractivity contribution in [1.29, 1.82) is 0 Å². The van der Waals surface area contributed by atoms with Gasteiger partial charge >= 0.3 is 0 Å². The number of hydrogen-bond donors (Lipinski definition) is 2. The van der Waals surface area contributed by atoms with Crippen LogP contribution in [0, 0.1) is 0 Å². The zero-order chi connectivity index (χ0) is 17.1. The monoisotopic (exact) mass is 322 g/mol. The number of nitrogens with one attached hydrogen (secondary N) is 1. The van der Waals surface area contributed by atoms with Crippen molar-refractivity contribution in [2.45, 2.75) is 0 Å². The van der Waals surface area contributed by atoms with Crippen LogP contribution in [0.25, 0.3) is 0 Å². The first kappa shape index (κ1) is 15.5. The van der Waals surface area contributed by atoms with Crippen molar-refractivity contribution in [3.63, 3.8) is 0 Å². The third-order valence-corrected chi connectivity index (χ3v) is 3.60. The number of benzene rings is 2. The van der Waals surface area contributed by atoms with Crippen molar-refractivity contribution in [2.24, 2.45) is 0 Å². The molecule has 6 nitrogen and oxygen atoms in total. The van der Waals surface area contributed by atoms with Crippen LogP contribution in [-0.4, -0.2) is 34.3 Å². The molecular formula is C18H14N2O4. The van der Waals surface area contributed by atoms with E-state index in [9.17, 15) is 19.5 Å². The minimum Gasteiger partial charge on any atom is -0.508 e. The Balaban J connectivity index is 1.76. The van der Waals surface area contributed by atoms with Crippen LogP contribution in [0.15, 0.2) is 72.1 Å². The summed E-state index contributed by atoms with van der Waals surface area (Å²) in [4.78, 5) is 37.7. The predicted molar refractivity (Wildman–Crippen MR) is 86.0 cm³/mol. The molecule has 2 aromatic rings. The minimum atomic E-state index is -0.731. The average molecular weight is 322 g/mol. The number of carbonyl (C=O) groups is 3. The van der Waals surface area contributed by atoms with Gasteiger partial charge in [-0.3, -0.25) is 19.3 Å². The lowest BCUT2D eigenvalue weighted by Crippen LogP contribution is -2.37. The van der Waals surface area contributed by atoms with Crippen LogP contribution in [0.3, 0.4) is 0 Å². The summed E-state index contributed by atoms with van der Waals surface area (Å²) in [5.74, 6) is -2.13. The zero-order valence-electron chi connectivity index (χ0n) is 12.6. The molecular weight excluding hydrogens is 308 g/mol. The molecule has 0 bridgehead atoms. The highest BCUT2D eigenvalue weighted by atomic mass is 16.3. The van der Waals surface area contributed by atoms with Crippen LogP contribution in [0.4, 0.5) is 0 Å². The molecule has 120 valence electrons. The lowest BCUT2D eigenvalue weighted by Gasteiger charge is -2.14. The van der Waals surface area contributed by atoms with Crippen LogP contribution in [0.1, 0.15) is 20.7 Å². The maximum atomic E-state index is 12.4. The molecule has 1 heterocycles. The number of nitrogens with zero attached hydrogens (tertiary/aromatic N) is 1. The van der Waals surface area contributed by atoms with Gasteiger partial charge in [0.15, 0.2) is 0 Å². The largest absolute Gasteiger partial charge is 0.508 e. The number of rotatable bonds is 3. The second-order valence-electron chi connectivity index (χ2n) is 5.20.